The van der Waals surface area contributed by atoms with Crippen LogP contribution in [0.2, 0.25) is 0 Å². The van der Waals surface area contributed by atoms with Gasteiger partial charge in [-0.1, -0.05) is 13.5 Å². The van der Waals surface area contributed by atoms with E-state index in [9.17, 15) is 14.7 Å². The van der Waals surface area contributed by atoms with E-state index in [1.165, 1.54) is 29.5 Å². The lowest BCUT2D eigenvalue weighted by Crippen LogP contribution is -2.23. The topological polar surface area (TPSA) is 122 Å². The van der Waals surface area contributed by atoms with Crippen molar-refractivity contribution in [3.8, 4) is 11.8 Å². The summed E-state index contributed by atoms with van der Waals surface area (Å²) in [4.78, 5) is 31.2. The molecule has 1 aromatic carbocycles. The highest BCUT2D eigenvalue weighted by Gasteiger charge is 2.19. The zero-order valence-electron chi connectivity index (χ0n) is 11.0. The van der Waals surface area contributed by atoms with Crippen LogP contribution in [0.3, 0.4) is 0 Å². The molecular weight excluding hydrogens is 298 g/mol. The fourth-order valence-corrected chi connectivity index (χ4v) is 2.10. The second kappa shape index (κ2) is 6.03. The van der Waals surface area contributed by atoms with Crippen LogP contribution >= 0.6 is 0 Å². The molecule has 114 valence electrons. The van der Waals surface area contributed by atoms with Crippen molar-refractivity contribution in [3.63, 3.8) is 0 Å². The van der Waals surface area contributed by atoms with Crippen molar-refractivity contribution in [2.75, 3.05) is 0 Å². The van der Waals surface area contributed by atoms with E-state index in [0.717, 1.165) is 0 Å². The van der Waals surface area contributed by atoms with Gasteiger partial charge in [0.15, 0.2) is 0 Å². The van der Waals surface area contributed by atoms with Crippen LogP contribution in [-0.4, -0.2) is 30.8 Å². The van der Waals surface area contributed by atoms with Gasteiger partial charge in [0, 0.05) is 0 Å². The maximum atomic E-state index is 12.3. The minimum atomic E-state index is -1.47. The van der Waals surface area contributed by atoms with E-state index >= 15 is 0 Å². The molecule has 0 atom stereocenters. The third kappa shape index (κ3) is 2.51. The molecule has 0 aliphatic rings. The Balaban J connectivity index is 0.00000192. The standard InChI is InChI=1S/C14H7N5O3.CH4/c15-4-8-2-1-3-10-11(8)13(20)12(14(21)22)18-19(10)9-5-16-7-17-6-9;/h1-3,5-7H,(H,21,22);1H4. The Kier molecular flexibility index (Phi) is 4.14. The van der Waals surface area contributed by atoms with E-state index in [4.69, 9.17) is 5.26 Å². The smallest absolute Gasteiger partial charge is 0.360 e. The molecule has 23 heavy (non-hydrogen) atoms. The van der Waals surface area contributed by atoms with E-state index in [0.29, 0.717) is 11.2 Å². The molecule has 0 amide bonds. The summed E-state index contributed by atoms with van der Waals surface area (Å²) in [5.74, 6) is -1.47. The van der Waals surface area contributed by atoms with Crippen molar-refractivity contribution >= 4 is 16.9 Å². The number of fused-ring (bicyclic) bond motifs is 1. The molecule has 0 radical (unpaired) electrons. The fourth-order valence-electron chi connectivity index (χ4n) is 2.10. The first-order valence-corrected chi connectivity index (χ1v) is 6.08. The molecule has 1 N–H and O–H groups in total. The molecule has 0 saturated carbocycles. The highest BCUT2D eigenvalue weighted by atomic mass is 16.4. The lowest BCUT2D eigenvalue weighted by atomic mass is 10.1. The molecule has 0 bridgehead atoms. The third-order valence-electron chi connectivity index (χ3n) is 3.03. The predicted octanol–water partition coefficient (Wildman–Crippen LogP) is 1.38. The Morgan fingerprint density at radius 3 is 2.57 bits per heavy atom. The number of nitrogens with zero attached hydrogens (tertiary/aromatic N) is 5. The highest BCUT2D eigenvalue weighted by molar-refractivity contribution is 5.93. The molecule has 0 unspecified atom stereocenters. The molecule has 0 aliphatic carbocycles. The number of aromatic carboxylic acids is 1. The average Bonchev–Trinajstić information content (AvgIpc) is 2.55. The van der Waals surface area contributed by atoms with Gasteiger partial charge in [-0.25, -0.2) is 19.4 Å². The van der Waals surface area contributed by atoms with E-state index in [1.54, 1.807) is 12.1 Å². The molecule has 0 aliphatic heterocycles. The average molecular weight is 309 g/mol. The molecule has 8 heteroatoms. The first-order valence-electron chi connectivity index (χ1n) is 6.08. The summed E-state index contributed by atoms with van der Waals surface area (Å²) in [6.07, 6.45) is 4.16. The number of carboxylic acid groups (broad SMARTS) is 1. The second-order valence-corrected chi connectivity index (χ2v) is 4.30. The van der Waals surface area contributed by atoms with E-state index in [2.05, 4.69) is 15.1 Å². The van der Waals surface area contributed by atoms with Gasteiger partial charge in [-0.2, -0.15) is 10.4 Å². The van der Waals surface area contributed by atoms with Crippen LogP contribution in [0.15, 0.2) is 41.7 Å². The Bertz CT molecular complexity index is 990. The van der Waals surface area contributed by atoms with Crippen molar-refractivity contribution < 1.29 is 9.90 Å². The summed E-state index contributed by atoms with van der Waals surface area (Å²) in [5.41, 5.74) is -0.696. The largest absolute Gasteiger partial charge is 0.476 e. The molecule has 8 nitrogen and oxygen atoms in total. The Morgan fingerprint density at radius 2 is 1.96 bits per heavy atom. The van der Waals surface area contributed by atoms with Crippen LogP contribution in [0.4, 0.5) is 0 Å². The van der Waals surface area contributed by atoms with Crippen molar-refractivity contribution in [3.05, 3.63) is 58.4 Å². The SMILES string of the molecule is C.N#Cc1cccc2c1c(=O)c(C(=O)O)nn2-c1cncnc1. The summed E-state index contributed by atoms with van der Waals surface area (Å²) in [5, 5.41) is 22.2. The number of hydrogen-bond acceptors (Lipinski definition) is 6. The molecular formula is C15H11N5O3. The normalized spacial score (nSPS) is 9.87. The summed E-state index contributed by atoms with van der Waals surface area (Å²) in [6.45, 7) is 0. The van der Waals surface area contributed by atoms with Gasteiger partial charge >= 0.3 is 5.97 Å². The minimum Gasteiger partial charge on any atom is -0.476 e. The molecule has 0 fully saturated rings. The summed E-state index contributed by atoms with van der Waals surface area (Å²) in [7, 11) is 0. The number of hydrogen-bond donors (Lipinski definition) is 1. The van der Waals surface area contributed by atoms with Crippen LogP contribution in [-0.2, 0) is 0 Å². The Labute approximate surface area is 130 Å². The molecule has 3 aromatic rings. The number of carboxylic acids is 1. The minimum absolute atomic E-state index is 0. The van der Waals surface area contributed by atoms with Crippen LogP contribution < -0.4 is 5.43 Å². The number of aromatic nitrogens is 4. The van der Waals surface area contributed by atoms with Gasteiger partial charge in [-0.15, -0.1) is 0 Å². The Morgan fingerprint density at radius 1 is 1.26 bits per heavy atom. The first kappa shape index (κ1) is 15.8. The predicted molar refractivity (Wildman–Crippen MR) is 81.3 cm³/mol. The Hall–Kier alpha value is -3.60. The van der Waals surface area contributed by atoms with E-state index in [1.807, 2.05) is 6.07 Å². The summed E-state index contributed by atoms with van der Waals surface area (Å²) < 4.78 is 1.24. The monoisotopic (exact) mass is 309 g/mol. The number of rotatable bonds is 2. The molecule has 0 spiro atoms. The van der Waals surface area contributed by atoms with Crippen LogP contribution in [0.25, 0.3) is 16.6 Å². The van der Waals surface area contributed by atoms with Gasteiger partial charge in [0.25, 0.3) is 0 Å². The van der Waals surface area contributed by atoms with E-state index in [-0.39, 0.29) is 18.4 Å². The van der Waals surface area contributed by atoms with Gasteiger partial charge in [-0.3, -0.25) is 4.79 Å². The quantitative estimate of drug-likeness (QED) is 0.758. The fraction of sp³-hybridized carbons (Fsp3) is 0.0667. The summed E-state index contributed by atoms with van der Waals surface area (Å²) in [6, 6.07) is 6.49. The highest BCUT2D eigenvalue weighted by Crippen LogP contribution is 2.17. The lowest BCUT2D eigenvalue weighted by Gasteiger charge is -2.10. The second-order valence-electron chi connectivity index (χ2n) is 4.30. The number of carbonyl (C=O) groups is 1. The van der Waals surface area contributed by atoms with Crippen LogP contribution in [0.5, 0.6) is 0 Å². The lowest BCUT2D eigenvalue weighted by molar-refractivity contribution is 0.0687. The number of nitriles is 1. The number of benzene rings is 1. The van der Waals surface area contributed by atoms with Gasteiger partial charge in [0.05, 0.1) is 34.9 Å². The maximum absolute atomic E-state index is 12.3. The van der Waals surface area contributed by atoms with E-state index < -0.39 is 17.1 Å². The first-order chi connectivity index (χ1) is 10.6. The molecule has 3 rings (SSSR count). The van der Waals surface area contributed by atoms with Crippen molar-refractivity contribution in [1.82, 2.24) is 19.7 Å². The van der Waals surface area contributed by atoms with Crippen LogP contribution in [0.1, 0.15) is 23.5 Å². The zero-order valence-corrected chi connectivity index (χ0v) is 11.0. The van der Waals surface area contributed by atoms with Crippen molar-refractivity contribution in [2.45, 2.75) is 7.43 Å². The van der Waals surface area contributed by atoms with Gasteiger partial charge < -0.3 is 5.11 Å². The van der Waals surface area contributed by atoms with Crippen molar-refractivity contribution in [2.24, 2.45) is 0 Å². The maximum Gasteiger partial charge on any atom is 0.360 e. The van der Waals surface area contributed by atoms with Crippen LogP contribution in [0, 0.1) is 11.3 Å². The molecule has 2 aromatic heterocycles. The van der Waals surface area contributed by atoms with Gasteiger partial charge in [-0.05, 0) is 12.1 Å². The molecule has 2 heterocycles. The summed E-state index contributed by atoms with van der Waals surface area (Å²) >= 11 is 0. The zero-order chi connectivity index (χ0) is 15.7. The molecule has 0 saturated heterocycles. The van der Waals surface area contributed by atoms with Crippen molar-refractivity contribution in [1.29, 1.82) is 5.26 Å². The van der Waals surface area contributed by atoms with Gasteiger partial charge in [0.1, 0.15) is 12.0 Å². The van der Waals surface area contributed by atoms with Gasteiger partial charge in [0.2, 0.25) is 11.1 Å². The third-order valence-corrected chi connectivity index (χ3v) is 3.03.